The molecule has 0 fully saturated rings. The molecular weight excluding hydrogens is 474 g/mol. The summed E-state index contributed by atoms with van der Waals surface area (Å²) in [4.78, 5) is 39.6. The number of aryl methyl sites for hydroxylation is 1. The largest absolute Gasteiger partial charge is 0.348 e. The number of hydrogen-bond donors (Lipinski definition) is 1. The van der Waals surface area contributed by atoms with Gasteiger partial charge in [-0.2, -0.15) is 0 Å². The van der Waals surface area contributed by atoms with E-state index in [-0.39, 0.29) is 43.2 Å². The molecule has 160 valence electrons. The number of benzene rings is 1. The number of amides is 2. The van der Waals surface area contributed by atoms with Crippen LogP contribution in [0.15, 0.2) is 39.6 Å². The average molecular weight is 496 g/mol. The topological polar surface area (TPSA) is 106 Å². The van der Waals surface area contributed by atoms with Crippen molar-refractivity contribution in [1.82, 2.24) is 14.8 Å². The zero-order valence-electron chi connectivity index (χ0n) is 16.6. The number of carbonyl (C=O) groups is 2. The third kappa shape index (κ3) is 4.99. The summed E-state index contributed by atoms with van der Waals surface area (Å²) in [6, 6.07) is 9.01. The second-order valence-corrected chi connectivity index (χ2v) is 10.4. The molecule has 2 aromatic rings. The lowest BCUT2D eigenvalue weighted by atomic mass is 10.1. The molecule has 3 rings (SSSR count). The lowest BCUT2D eigenvalue weighted by Gasteiger charge is -2.30. The maximum Gasteiger partial charge on any atom is 0.271 e. The van der Waals surface area contributed by atoms with Gasteiger partial charge in [0.2, 0.25) is 0 Å². The second kappa shape index (κ2) is 8.73. The van der Waals surface area contributed by atoms with E-state index in [1.807, 2.05) is 31.2 Å². The van der Waals surface area contributed by atoms with Gasteiger partial charge in [-0.25, -0.2) is 8.42 Å². The zero-order chi connectivity index (χ0) is 22.1. The van der Waals surface area contributed by atoms with Crippen LogP contribution in [0, 0.1) is 6.92 Å². The molecule has 0 saturated heterocycles. The number of fused-ring (bicyclic) bond motifs is 1. The Bertz CT molecular complexity index is 1160. The van der Waals surface area contributed by atoms with Crippen molar-refractivity contribution in [2.24, 2.45) is 0 Å². The van der Waals surface area contributed by atoms with Gasteiger partial charge in [0.25, 0.3) is 17.4 Å². The first-order chi connectivity index (χ1) is 14.1. The van der Waals surface area contributed by atoms with Gasteiger partial charge < -0.3 is 14.8 Å². The highest BCUT2D eigenvalue weighted by Crippen LogP contribution is 2.21. The molecule has 1 aromatic carbocycles. The highest BCUT2D eigenvalue weighted by atomic mass is 79.9. The van der Waals surface area contributed by atoms with Crippen LogP contribution in [0.2, 0.25) is 0 Å². The Morgan fingerprint density at radius 2 is 1.83 bits per heavy atom. The van der Waals surface area contributed by atoms with E-state index in [1.165, 1.54) is 15.5 Å². The van der Waals surface area contributed by atoms with Crippen LogP contribution >= 0.6 is 15.9 Å². The third-order valence-corrected chi connectivity index (χ3v) is 6.41. The molecule has 30 heavy (non-hydrogen) atoms. The maximum absolute atomic E-state index is 12.8. The molecule has 0 bridgehead atoms. The number of rotatable bonds is 6. The molecule has 0 saturated carbocycles. The summed E-state index contributed by atoms with van der Waals surface area (Å²) >= 11 is 3.29. The van der Waals surface area contributed by atoms with E-state index < -0.39 is 27.2 Å². The van der Waals surface area contributed by atoms with E-state index in [0.717, 1.165) is 17.4 Å². The summed E-state index contributed by atoms with van der Waals surface area (Å²) in [5.74, 6) is -1.12. The number of carbonyl (C=O) groups excluding carboxylic acids is 2. The summed E-state index contributed by atoms with van der Waals surface area (Å²) in [6.07, 6.45) is 1.11. The van der Waals surface area contributed by atoms with Crippen LogP contribution < -0.4 is 10.9 Å². The Balaban J connectivity index is 1.81. The fourth-order valence-electron chi connectivity index (χ4n) is 3.17. The second-order valence-electron chi connectivity index (χ2n) is 7.30. The van der Waals surface area contributed by atoms with Crippen LogP contribution in [0.1, 0.15) is 32.0 Å². The third-order valence-electron chi connectivity index (χ3n) is 4.88. The minimum Gasteiger partial charge on any atom is -0.348 e. The van der Waals surface area contributed by atoms with E-state index in [9.17, 15) is 22.8 Å². The van der Waals surface area contributed by atoms with E-state index >= 15 is 0 Å². The standard InChI is InChI=1S/C20H22BrN3O5S/c1-13-3-5-14(6-4-13)12-22-18(25)15-11-16(21)17-20(27)23(9-10-30(2,28)29)7-8-24(17)19(15)26/h3-6,11H,7-10,12H2,1-2H3,(H,22,25). The number of aromatic nitrogens is 1. The van der Waals surface area contributed by atoms with Crippen molar-refractivity contribution < 1.29 is 18.0 Å². The number of halogens is 1. The van der Waals surface area contributed by atoms with Gasteiger partial charge in [-0.1, -0.05) is 29.8 Å². The van der Waals surface area contributed by atoms with Gasteiger partial charge >= 0.3 is 0 Å². The molecule has 1 aromatic heterocycles. The van der Waals surface area contributed by atoms with Gasteiger partial charge in [0.05, 0.1) is 5.75 Å². The minimum atomic E-state index is -3.22. The van der Waals surface area contributed by atoms with Gasteiger partial charge in [0.15, 0.2) is 0 Å². The van der Waals surface area contributed by atoms with Crippen molar-refractivity contribution >= 4 is 37.6 Å². The monoisotopic (exact) mass is 495 g/mol. The summed E-state index contributed by atoms with van der Waals surface area (Å²) in [5.41, 5.74) is 1.52. The molecule has 1 N–H and O–H groups in total. The van der Waals surface area contributed by atoms with Crippen LogP contribution in [0.25, 0.3) is 0 Å². The van der Waals surface area contributed by atoms with Crippen LogP contribution in [-0.2, 0) is 22.9 Å². The number of nitrogens with one attached hydrogen (secondary N) is 1. The van der Waals surface area contributed by atoms with Crippen molar-refractivity contribution in [3.63, 3.8) is 0 Å². The normalized spacial score (nSPS) is 13.8. The van der Waals surface area contributed by atoms with Gasteiger partial charge in [0, 0.05) is 36.9 Å². The van der Waals surface area contributed by atoms with E-state index in [1.54, 1.807) is 0 Å². The first-order valence-electron chi connectivity index (χ1n) is 9.31. The number of hydrogen-bond acceptors (Lipinski definition) is 5. The molecule has 0 atom stereocenters. The van der Waals surface area contributed by atoms with Crippen molar-refractivity contribution in [3.8, 4) is 0 Å². The fourth-order valence-corrected chi connectivity index (χ4v) is 4.34. The van der Waals surface area contributed by atoms with Crippen LogP contribution in [0.5, 0.6) is 0 Å². The molecule has 10 heteroatoms. The maximum atomic E-state index is 12.8. The van der Waals surface area contributed by atoms with E-state index in [2.05, 4.69) is 21.2 Å². The summed E-state index contributed by atoms with van der Waals surface area (Å²) in [7, 11) is -3.22. The lowest BCUT2D eigenvalue weighted by Crippen LogP contribution is -2.47. The quantitative estimate of drug-likeness (QED) is 0.650. The summed E-state index contributed by atoms with van der Waals surface area (Å²) < 4.78 is 24.4. The van der Waals surface area contributed by atoms with Crippen LogP contribution in [-0.4, -0.2) is 54.8 Å². The van der Waals surface area contributed by atoms with Crippen LogP contribution in [0.4, 0.5) is 0 Å². The predicted octanol–water partition coefficient (Wildman–Crippen LogP) is 1.35. The number of nitrogens with zero attached hydrogens (tertiary/aromatic N) is 2. The van der Waals surface area contributed by atoms with Gasteiger partial charge in [-0.3, -0.25) is 14.4 Å². The predicted molar refractivity (Wildman–Crippen MR) is 116 cm³/mol. The van der Waals surface area contributed by atoms with E-state index in [4.69, 9.17) is 0 Å². The van der Waals surface area contributed by atoms with Gasteiger partial charge in [-0.05, 0) is 34.5 Å². The van der Waals surface area contributed by atoms with Crippen molar-refractivity contribution in [2.75, 3.05) is 25.1 Å². The Kier molecular flexibility index (Phi) is 6.47. The Morgan fingerprint density at radius 1 is 1.17 bits per heavy atom. The molecule has 1 aliphatic rings. The first-order valence-corrected chi connectivity index (χ1v) is 12.2. The van der Waals surface area contributed by atoms with Gasteiger partial charge in [-0.15, -0.1) is 0 Å². The number of pyridine rings is 1. The molecule has 2 amide bonds. The minimum absolute atomic E-state index is 0.0527. The fraction of sp³-hybridized carbons (Fsp3) is 0.350. The summed E-state index contributed by atoms with van der Waals surface area (Å²) in [6.45, 7) is 2.67. The smallest absolute Gasteiger partial charge is 0.271 e. The molecule has 2 heterocycles. The molecule has 0 radical (unpaired) electrons. The van der Waals surface area contributed by atoms with Crippen molar-refractivity contribution in [3.05, 3.63) is 67.5 Å². The molecule has 8 nitrogen and oxygen atoms in total. The Morgan fingerprint density at radius 3 is 2.47 bits per heavy atom. The van der Waals surface area contributed by atoms with Crippen LogP contribution in [0.3, 0.4) is 0 Å². The summed E-state index contributed by atoms with van der Waals surface area (Å²) in [5, 5.41) is 2.73. The van der Waals surface area contributed by atoms with Crippen molar-refractivity contribution in [2.45, 2.75) is 20.0 Å². The molecule has 0 unspecified atom stereocenters. The molecule has 0 aliphatic carbocycles. The Labute approximate surface area is 182 Å². The van der Waals surface area contributed by atoms with Crippen molar-refractivity contribution in [1.29, 1.82) is 0 Å². The van der Waals surface area contributed by atoms with E-state index in [0.29, 0.717) is 4.47 Å². The number of sulfone groups is 1. The Hall–Kier alpha value is -2.46. The highest BCUT2D eigenvalue weighted by Gasteiger charge is 2.30. The zero-order valence-corrected chi connectivity index (χ0v) is 19.0. The lowest BCUT2D eigenvalue weighted by molar-refractivity contribution is 0.0708. The molecule has 1 aliphatic heterocycles. The molecule has 0 spiro atoms. The van der Waals surface area contributed by atoms with Gasteiger partial charge in [0.1, 0.15) is 21.1 Å². The average Bonchev–Trinajstić information content (AvgIpc) is 2.68. The first kappa shape index (κ1) is 22.2. The molecular formula is C20H22BrN3O5S. The SMILES string of the molecule is Cc1ccc(CNC(=O)c2cc(Br)c3n(c2=O)CCN(CCS(C)(=O)=O)C3=O)cc1. The highest BCUT2D eigenvalue weighted by molar-refractivity contribution is 9.10.